The van der Waals surface area contributed by atoms with Crippen LogP contribution in [0.5, 0.6) is 11.5 Å². The molecule has 1 aliphatic rings. The lowest BCUT2D eigenvalue weighted by Crippen LogP contribution is -2.24. The van der Waals surface area contributed by atoms with Crippen LogP contribution in [0.15, 0.2) is 12.1 Å². The summed E-state index contributed by atoms with van der Waals surface area (Å²) in [7, 11) is 0. The van der Waals surface area contributed by atoms with E-state index >= 15 is 0 Å². The average molecular weight is 280 g/mol. The second-order valence-electron chi connectivity index (χ2n) is 5.93. The minimum atomic E-state index is 0.0996. The van der Waals surface area contributed by atoms with E-state index in [1.165, 1.54) is 0 Å². The van der Waals surface area contributed by atoms with Crippen molar-refractivity contribution in [3.05, 3.63) is 12.1 Å². The second-order valence-corrected chi connectivity index (χ2v) is 5.93. The topological polar surface area (TPSA) is 76.7 Å². The number of aliphatic hydroxyl groups is 1. The Bertz CT molecular complexity index is 461. The standard InChI is InChI=1S/C15H24N2O3/c1-15(2,4-3-5-18)10-17-12-9-14-13(8-11(12)16)19-6-7-20-14/h8-9,17-18H,3-7,10,16H2,1-2H3. The molecule has 1 heterocycles. The molecular weight excluding hydrogens is 256 g/mol. The first-order valence-electron chi connectivity index (χ1n) is 7.06. The molecule has 0 amide bonds. The SMILES string of the molecule is CC(C)(CCCO)CNc1cc2c(cc1N)OCCO2. The highest BCUT2D eigenvalue weighted by atomic mass is 16.6. The van der Waals surface area contributed by atoms with Crippen molar-refractivity contribution in [3.8, 4) is 11.5 Å². The van der Waals surface area contributed by atoms with Gasteiger partial charge in [-0.2, -0.15) is 0 Å². The van der Waals surface area contributed by atoms with Crippen LogP contribution in [0.3, 0.4) is 0 Å². The minimum Gasteiger partial charge on any atom is -0.486 e. The third-order valence-electron chi connectivity index (χ3n) is 3.48. The minimum absolute atomic E-state index is 0.0996. The van der Waals surface area contributed by atoms with E-state index in [1.54, 1.807) is 6.07 Å². The summed E-state index contributed by atoms with van der Waals surface area (Å²) >= 11 is 0. The Balaban J connectivity index is 2.02. The maximum atomic E-state index is 8.92. The van der Waals surface area contributed by atoms with E-state index in [9.17, 15) is 0 Å². The van der Waals surface area contributed by atoms with Gasteiger partial charge in [-0.1, -0.05) is 13.8 Å². The molecule has 5 nitrogen and oxygen atoms in total. The summed E-state index contributed by atoms with van der Waals surface area (Å²) in [5.74, 6) is 1.44. The highest BCUT2D eigenvalue weighted by molar-refractivity contribution is 5.72. The van der Waals surface area contributed by atoms with Crippen LogP contribution in [-0.2, 0) is 0 Å². The molecule has 0 aromatic heterocycles. The van der Waals surface area contributed by atoms with E-state index in [1.807, 2.05) is 6.07 Å². The van der Waals surface area contributed by atoms with Crippen molar-refractivity contribution in [2.75, 3.05) is 37.4 Å². The van der Waals surface area contributed by atoms with E-state index in [4.69, 9.17) is 20.3 Å². The normalized spacial score (nSPS) is 14.2. The molecule has 0 radical (unpaired) electrons. The van der Waals surface area contributed by atoms with Crippen LogP contribution >= 0.6 is 0 Å². The maximum absolute atomic E-state index is 8.92. The second kappa shape index (κ2) is 6.22. The molecule has 5 heteroatoms. The molecule has 4 N–H and O–H groups in total. The first kappa shape index (κ1) is 14.8. The summed E-state index contributed by atoms with van der Waals surface area (Å²) in [5, 5.41) is 12.3. The summed E-state index contributed by atoms with van der Waals surface area (Å²) in [6.45, 7) is 6.49. The molecule has 0 fully saturated rings. The molecule has 0 unspecified atom stereocenters. The maximum Gasteiger partial charge on any atom is 0.163 e. The van der Waals surface area contributed by atoms with Gasteiger partial charge in [0.05, 0.1) is 11.4 Å². The van der Waals surface area contributed by atoms with Crippen molar-refractivity contribution in [2.45, 2.75) is 26.7 Å². The zero-order valence-electron chi connectivity index (χ0n) is 12.2. The molecule has 1 aromatic rings. The average Bonchev–Trinajstić information content (AvgIpc) is 2.43. The lowest BCUT2D eigenvalue weighted by atomic mass is 9.88. The highest BCUT2D eigenvalue weighted by Gasteiger charge is 2.19. The number of nitrogens with one attached hydrogen (secondary N) is 1. The molecule has 112 valence electrons. The van der Waals surface area contributed by atoms with Gasteiger partial charge in [-0.3, -0.25) is 0 Å². The predicted molar refractivity (Wildman–Crippen MR) is 80.4 cm³/mol. The van der Waals surface area contributed by atoms with Gasteiger partial charge in [0.1, 0.15) is 13.2 Å². The molecule has 1 aromatic carbocycles. The van der Waals surface area contributed by atoms with Crippen LogP contribution in [0.25, 0.3) is 0 Å². The summed E-state index contributed by atoms with van der Waals surface area (Å²) in [4.78, 5) is 0. The zero-order chi connectivity index (χ0) is 14.6. The molecule has 2 rings (SSSR count). The van der Waals surface area contributed by atoms with E-state index in [-0.39, 0.29) is 12.0 Å². The number of aliphatic hydroxyl groups excluding tert-OH is 1. The van der Waals surface area contributed by atoms with Gasteiger partial charge < -0.3 is 25.6 Å². The van der Waals surface area contributed by atoms with Crippen molar-refractivity contribution >= 4 is 11.4 Å². The number of hydrogen-bond donors (Lipinski definition) is 3. The van der Waals surface area contributed by atoms with Gasteiger partial charge in [0.2, 0.25) is 0 Å². The number of anilines is 2. The lowest BCUT2D eigenvalue weighted by molar-refractivity contribution is 0.172. The monoisotopic (exact) mass is 280 g/mol. The molecule has 0 bridgehead atoms. The fraction of sp³-hybridized carbons (Fsp3) is 0.600. The number of fused-ring (bicyclic) bond motifs is 1. The Morgan fingerprint density at radius 1 is 1.25 bits per heavy atom. The van der Waals surface area contributed by atoms with Gasteiger partial charge in [-0.05, 0) is 18.3 Å². The van der Waals surface area contributed by atoms with E-state index in [2.05, 4.69) is 19.2 Å². The third kappa shape index (κ3) is 3.70. The van der Waals surface area contributed by atoms with Crippen molar-refractivity contribution < 1.29 is 14.6 Å². The largest absolute Gasteiger partial charge is 0.486 e. The zero-order valence-corrected chi connectivity index (χ0v) is 12.2. The van der Waals surface area contributed by atoms with Gasteiger partial charge in [0, 0.05) is 25.3 Å². The van der Waals surface area contributed by atoms with Gasteiger partial charge in [0.25, 0.3) is 0 Å². The van der Waals surface area contributed by atoms with Crippen LogP contribution < -0.4 is 20.5 Å². The molecule has 20 heavy (non-hydrogen) atoms. The van der Waals surface area contributed by atoms with E-state index < -0.39 is 0 Å². The Morgan fingerprint density at radius 3 is 2.55 bits per heavy atom. The molecule has 0 saturated carbocycles. The first-order valence-corrected chi connectivity index (χ1v) is 7.06. The molecule has 1 aliphatic heterocycles. The molecule has 0 aliphatic carbocycles. The van der Waals surface area contributed by atoms with Gasteiger partial charge in [0.15, 0.2) is 11.5 Å². The van der Waals surface area contributed by atoms with E-state index in [0.717, 1.165) is 30.8 Å². The van der Waals surface area contributed by atoms with E-state index in [0.29, 0.717) is 24.7 Å². The highest BCUT2D eigenvalue weighted by Crippen LogP contribution is 2.37. The number of nitrogen functional groups attached to an aromatic ring is 1. The van der Waals surface area contributed by atoms with Crippen molar-refractivity contribution in [2.24, 2.45) is 5.41 Å². The number of rotatable bonds is 6. The quantitative estimate of drug-likeness (QED) is 0.697. The summed E-state index contributed by atoms with van der Waals surface area (Å²) in [5.41, 5.74) is 7.66. The Morgan fingerprint density at radius 2 is 1.90 bits per heavy atom. The fourth-order valence-corrected chi connectivity index (χ4v) is 2.24. The van der Waals surface area contributed by atoms with Crippen molar-refractivity contribution in [1.29, 1.82) is 0 Å². The predicted octanol–water partition coefficient (Wildman–Crippen LogP) is 2.25. The van der Waals surface area contributed by atoms with Gasteiger partial charge in [-0.25, -0.2) is 0 Å². The summed E-state index contributed by atoms with van der Waals surface area (Å²) in [6, 6.07) is 3.70. The number of nitrogens with two attached hydrogens (primary N) is 1. The molecular formula is C15H24N2O3. The third-order valence-corrected chi connectivity index (χ3v) is 3.48. The van der Waals surface area contributed by atoms with Crippen molar-refractivity contribution in [3.63, 3.8) is 0 Å². The van der Waals surface area contributed by atoms with Gasteiger partial charge >= 0.3 is 0 Å². The van der Waals surface area contributed by atoms with Crippen LogP contribution in [0, 0.1) is 5.41 Å². The number of hydrogen-bond acceptors (Lipinski definition) is 5. The first-order chi connectivity index (χ1) is 9.52. The Labute approximate surface area is 120 Å². The number of benzene rings is 1. The Hall–Kier alpha value is -1.62. The van der Waals surface area contributed by atoms with Crippen molar-refractivity contribution in [1.82, 2.24) is 0 Å². The van der Waals surface area contributed by atoms with Crippen LogP contribution in [-0.4, -0.2) is 31.5 Å². The molecule has 0 saturated heterocycles. The lowest BCUT2D eigenvalue weighted by Gasteiger charge is -2.26. The summed E-state index contributed by atoms with van der Waals surface area (Å²) < 4.78 is 11.1. The van der Waals surface area contributed by atoms with Crippen LogP contribution in [0.1, 0.15) is 26.7 Å². The smallest absolute Gasteiger partial charge is 0.163 e. The molecule has 0 spiro atoms. The van der Waals surface area contributed by atoms with Crippen LogP contribution in [0.4, 0.5) is 11.4 Å². The van der Waals surface area contributed by atoms with Gasteiger partial charge in [-0.15, -0.1) is 0 Å². The fourth-order valence-electron chi connectivity index (χ4n) is 2.24. The van der Waals surface area contributed by atoms with Crippen LogP contribution in [0.2, 0.25) is 0 Å². The summed E-state index contributed by atoms with van der Waals surface area (Å²) in [6.07, 6.45) is 1.77. The molecule has 0 atom stereocenters. The Kier molecular flexibility index (Phi) is 4.60. The number of ether oxygens (including phenoxy) is 2.